The van der Waals surface area contributed by atoms with Crippen LogP contribution in [0.2, 0.25) is 0 Å². The third kappa shape index (κ3) is 3.54. The van der Waals surface area contributed by atoms with E-state index in [0.29, 0.717) is 0 Å². The molecule has 1 aliphatic rings. The first-order valence-electron chi connectivity index (χ1n) is 9.49. The second-order valence-electron chi connectivity index (χ2n) is 6.90. The minimum absolute atomic E-state index is 0.242. The Bertz CT molecular complexity index is 1050. The molecule has 1 unspecified atom stereocenters. The van der Waals surface area contributed by atoms with Crippen LogP contribution >= 0.6 is 0 Å². The summed E-state index contributed by atoms with van der Waals surface area (Å²) in [6.45, 7) is 2.13. The molecule has 0 aromatic heterocycles. The van der Waals surface area contributed by atoms with E-state index in [1.165, 1.54) is 0 Å². The summed E-state index contributed by atoms with van der Waals surface area (Å²) >= 11 is 0. The molecule has 1 aliphatic heterocycles. The van der Waals surface area contributed by atoms with E-state index >= 15 is 0 Å². The highest BCUT2D eigenvalue weighted by Gasteiger charge is 2.29. The molecule has 0 aliphatic carbocycles. The molecular formula is C25H24O4. The van der Waals surface area contributed by atoms with Crippen LogP contribution in [0.5, 0.6) is 23.0 Å². The van der Waals surface area contributed by atoms with E-state index in [2.05, 4.69) is 13.0 Å². The zero-order valence-corrected chi connectivity index (χ0v) is 17.1. The van der Waals surface area contributed by atoms with Gasteiger partial charge in [-0.1, -0.05) is 24.3 Å². The normalized spacial score (nSPS) is 15.4. The van der Waals surface area contributed by atoms with Gasteiger partial charge < -0.3 is 18.9 Å². The molecule has 0 amide bonds. The van der Waals surface area contributed by atoms with E-state index in [1.807, 2.05) is 60.7 Å². The molecule has 4 heteroatoms. The van der Waals surface area contributed by atoms with Crippen LogP contribution in [-0.4, -0.2) is 21.3 Å². The Kier molecular flexibility index (Phi) is 5.17. The summed E-state index contributed by atoms with van der Waals surface area (Å²) in [7, 11) is 5.02. The van der Waals surface area contributed by atoms with Gasteiger partial charge in [0.15, 0.2) is 0 Å². The average molecular weight is 388 g/mol. The van der Waals surface area contributed by atoms with Crippen LogP contribution in [0.3, 0.4) is 0 Å². The summed E-state index contributed by atoms with van der Waals surface area (Å²) in [6, 6.07) is 22.0. The van der Waals surface area contributed by atoms with E-state index in [0.717, 1.165) is 50.8 Å². The van der Waals surface area contributed by atoms with Gasteiger partial charge in [-0.3, -0.25) is 0 Å². The van der Waals surface area contributed by atoms with Crippen molar-refractivity contribution in [3.8, 4) is 23.0 Å². The lowest BCUT2D eigenvalue weighted by atomic mass is 9.86. The summed E-state index contributed by atoms with van der Waals surface area (Å²) in [6.07, 6.45) is -0.242. The second kappa shape index (κ2) is 7.92. The molecule has 0 saturated carbocycles. The molecule has 3 aromatic rings. The van der Waals surface area contributed by atoms with Crippen molar-refractivity contribution in [1.82, 2.24) is 0 Å². The molecule has 0 spiro atoms. The highest BCUT2D eigenvalue weighted by Crippen LogP contribution is 2.47. The van der Waals surface area contributed by atoms with Crippen LogP contribution in [-0.2, 0) is 0 Å². The Balaban J connectivity index is 1.90. The van der Waals surface area contributed by atoms with Gasteiger partial charge in [-0.15, -0.1) is 0 Å². The molecule has 0 bridgehead atoms. The van der Waals surface area contributed by atoms with Gasteiger partial charge in [0.2, 0.25) is 0 Å². The summed E-state index contributed by atoms with van der Waals surface area (Å²) in [4.78, 5) is 0. The van der Waals surface area contributed by atoms with Crippen molar-refractivity contribution in [2.45, 2.75) is 13.0 Å². The van der Waals surface area contributed by atoms with E-state index < -0.39 is 0 Å². The minimum atomic E-state index is -0.242. The van der Waals surface area contributed by atoms with Crippen LogP contribution in [0, 0.1) is 0 Å². The minimum Gasteiger partial charge on any atom is -0.497 e. The number of benzene rings is 3. The molecule has 4 nitrogen and oxygen atoms in total. The fourth-order valence-electron chi connectivity index (χ4n) is 3.73. The van der Waals surface area contributed by atoms with Crippen LogP contribution < -0.4 is 18.9 Å². The molecule has 0 N–H and O–H groups in total. The lowest BCUT2D eigenvalue weighted by Crippen LogP contribution is -2.16. The number of fused-ring (bicyclic) bond motifs is 1. The first-order valence-corrected chi connectivity index (χ1v) is 9.49. The number of rotatable bonds is 5. The van der Waals surface area contributed by atoms with Crippen LogP contribution in [0.15, 0.2) is 66.7 Å². The first-order chi connectivity index (χ1) is 14.1. The van der Waals surface area contributed by atoms with Crippen molar-refractivity contribution < 1.29 is 18.9 Å². The highest BCUT2D eigenvalue weighted by atomic mass is 16.5. The maximum atomic E-state index is 6.51. The number of allylic oxidation sites excluding steroid dienone is 1. The molecule has 3 aromatic carbocycles. The van der Waals surface area contributed by atoms with Crippen molar-refractivity contribution in [3.05, 3.63) is 83.4 Å². The third-order valence-corrected chi connectivity index (χ3v) is 5.30. The molecular weight excluding hydrogens is 364 g/mol. The van der Waals surface area contributed by atoms with Gasteiger partial charge in [0.25, 0.3) is 0 Å². The second-order valence-corrected chi connectivity index (χ2v) is 6.90. The van der Waals surface area contributed by atoms with Crippen LogP contribution in [0.4, 0.5) is 0 Å². The fourth-order valence-corrected chi connectivity index (χ4v) is 3.73. The van der Waals surface area contributed by atoms with Gasteiger partial charge >= 0.3 is 0 Å². The lowest BCUT2D eigenvalue weighted by Gasteiger charge is -2.31. The van der Waals surface area contributed by atoms with Crippen molar-refractivity contribution in [2.75, 3.05) is 21.3 Å². The van der Waals surface area contributed by atoms with E-state index in [4.69, 9.17) is 18.9 Å². The summed E-state index contributed by atoms with van der Waals surface area (Å²) < 4.78 is 22.7. The van der Waals surface area contributed by atoms with Crippen LogP contribution in [0.1, 0.15) is 29.7 Å². The highest BCUT2D eigenvalue weighted by molar-refractivity contribution is 5.95. The largest absolute Gasteiger partial charge is 0.497 e. The van der Waals surface area contributed by atoms with Crippen molar-refractivity contribution in [1.29, 1.82) is 0 Å². The average Bonchev–Trinajstić information content (AvgIpc) is 2.78. The Hall–Kier alpha value is -3.40. The summed E-state index contributed by atoms with van der Waals surface area (Å²) in [5, 5.41) is 0. The maximum Gasteiger partial charge on any atom is 0.150 e. The topological polar surface area (TPSA) is 36.9 Å². The first kappa shape index (κ1) is 18.9. The van der Waals surface area contributed by atoms with Gasteiger partial charge in [-0.2, -0.15) is 0 Å². The molecule has 1 atom stereocenters. The van der Waals surface area contributed by atoms with Crippen LogP contribution in [0.25, 0.3) is 11.1 Å². The molecule has 0 fully saturated rings. The standard InChI is InChI=1S/C25H24O4/c1-16-22-15-21(28-4)12-13-23(22)29-25(17-8-10-19(26-2)11-9-17)24(16)18-6-5-7-20(14-18)27-3/h5-15,25H,1-4H3. The van der Waals surface area contributed by atoms with Gasteiger partial charge in [0.1, 0.15) is 29.1 Å². The number of methoxy groups -OCH3 is 3. The molecule has 29 heavy (non-hydrogen) atoms. The molecule has 1 heterocycles. The smallest absolute Gasteiger partial charge is 0.150 e. The van der Waals surface area contributed by atoms with Gasteiger partial charge in [0.05, 0.1) is 21.3 Å². The quantitative estimate of drug-likeness (QED) is 0.555. The summed E-state index contributed by atoms with van der Waals surface area (Å²) in [5.74, 6) is 3.28. The van der Waals surface area contributed by atoms with Gasteiger partial charge in [0, 0.05) is 11.1 Å². The monoisotopic (exact) mass is 388 g/mol. The number of hydrogen-bond acceptors (Lipinski definition) is 4. The molecule has 4 rings (SSSR count). The molecule has 0 radical (unpaired) electrons. The van der Waals surface area contributed by atoms with Crippen molar-refractivity contribution in [2.24, 2.45) is 0 Å². The molecule has 148 valence electrons. The predicted molar refractivity (Wildman–Crippen MR) is 115 cm³/mol. The van der Waals surface area contributed by atoms with E-state index in [1.54, 1.807) is 21.3 Å². The Morgan fingerprint density at radius 1 is 0.724 bits per heavy atom. The SMILES string of the molecule is COc1ccc(C2Oc3ccc(OC)cc3C(C)=C2c2cccc(OC)c2)cc1. The van der Waals surface area contributed by atoms with E-state index in [-0.39, 0.29) is 6.10 Å². The fraction of sp³-hybridized carbons (Fsp3) is 0.200. The Morgan fingerprint density at radius 2 is 1.38 bits per heavy atom. The number of hydrogen-bond donors (Lipinski definition) is 0. The lowest BCUT2D eigenvalue weighted by molar-refractivity contribution is 0.259. The van der Waals surface area contributed by atoms with E-state index in [9.17, 15) is 0 Å². The van der Waals surface area contributed by atoms with Gasteiger partial charge in [-0.05, 0) is 66.1 Å². The zero-order valence-electron chi connectivity index (χ0n) is 17.1. The van der Waals surface area contributed by atoms with Crippen molar-refractivity contribution in [3.63, 3.8) is 0 Å². The van der Waals surface area contributed by atoms with Crippen molar-refractivity contribution >= 4 is 11.1 Å². The Morgan fingerprint density at radius 3 is 2.07 bits per heavy atom. The third-order valence-electron chi connectivity index (χ3n) is 5.30. The summed E-state index contributed by atoms with van der Waals surface area (Å²) in [5.41, 5.74) is 5.42. The number of ether oxygens (including phenoxy) is 4. The van der Waals surface area contributed by atoms with Gasteiger partial charge in [-0.25, -0.2) is 0 Å². The molecule has 0 saturated heterocycles. The zero-order chi connectivity index (χ0) is 20.4. The maximum absolute atomic E-state index is 6.51. The Labute approximate surface area is 171 Å². The predicted octanol–water partition coefficient (Wildman–Crippen LogP) is 5.78.